The van der Waals surface area contributed by atoms with E-state index < -0.39 is 22.8 Å². The molecule has 0 unspecified atom stereocenters. The van der Waals surface area contributed by atoms with Gasteiger partial charge in [0.25, 0.3) is 0 Å². The third-order valence-corrected chi connectivity index (χ3v) is 14.1. The molecule has 10 rings (SSSR count). The van der Waals surface area contributed by atoms with E-state index in [1.165, 1.54) is 60.8 Å². The number of aldehydes is 1. The molecule has 94 heavy (non-hydrogen) atoms. The van der Waals surface area contributed by atoms with Crippen molar-refractivity contribution in [3.63, 3.8) is 0 Å². The molecule has 0 bridgehead atoms. The van der Waals surface area contributed by atoms with Crippen molar-refractivity contribution in [3.8, 4) is 28.5 Å². The first-order valence-corrected chi connectivity index (χ1v) is 34.5. The molecule has 18 nitrogen and oxygen atoms in total. The number of anilines is 2. The summed E-state index contributed by atoms with van der Waals surface area (Å²) in [7, 11) is 3.25. The molecule has 0 aliphatic heterocycles. The van der Waals surface area contributed by atoms with E-state index in [1.807, 2.05) is 60.7 Å². The van der Waals surface area contributed by atoms with Gasteiger partial charge in [-0.2, -0.15) is 0 Å². The summed E-state index contributed by atoms with van der Waals surface area (Å²) >= 11 is 39.9. The number of halogens is 7. The Morgan fingerprint density at radius 2 is 1.16 bits per heavy atom. The second kappa shape index (κ2) is 43.8. The van der Waals surface area contributed by atoms with Crippen LogP contribution in [-0.4, -0.2) is 70.8 Å². The first-order valence-electron chi connectivity index (χ1n) is 25.9. The van der Waals surface area contributed by atoms with Gasteiger partial charge in [0.05, 0.1) is 73.7 Å². The molecule has 0 saturated carbocycles. The van der Waals surface area contributed by atoms with Gasteiger partial charge in [0.2, 0.25) is 0 Å². The SMILES string of the molecule is C.C.C.CC(=O)c1cc2cccc(Cl)c2oc1=O.CCOC(=O)CC(C)=O.COc1ccccc1CC(N)=S.COc1ccccc1Nc1nc(-c2cc3cccc(Cl)c3oc2=O)cs1.O=C(CBr)c1cc2cccc(Cl)c2oc1=O.O=Cc1cccc(Cl)c1O.[Br][Cu][Br]. The Labute approximate surface area is 600 Å². The fraction of sp³-hybridized carbons (Fsp3) is 0.182. The van der Waals surface area contributed by atoms with Crippen LogP contribution in [0.4, 0.5) is 10.8 Å². The van der Waals surface area contributed by atoms with Crippen LogP contribution in [0.2, 0.25) is 20.1 Å². The second-order valence-corrected chi connectivity index (χ2v) is 26.1. The number of aromatic nitrogens is 1. The van der Waals surface area contributed by atoms with Crippen molar-refractivity contribution in [2.24, 2.45) is 5.73 Å². The van der Waals surface area contributed by atoms with E-state index in [2.05, 4.69) is 59.2 Å². The number of nitrogens with zero attached hydrogens (tertiary/aromatic N) is 1. The molecule has 4 heterocycles. The van der Waals surface area contributed by atoms with Gasteiger partial charge < -0.3 is 43.6 Å². The molecule has 0 amide bonds. The van der Waals surface area contributed by atoms with Crippen molar-refractivity contribution in [1.29, 1.82) is 0 Å². The normalized spacial score (nSPS) is 9.74. The van der Waals surface area contributed by atoms with Crippen molar-refractivity contribution in [1.82, 2.24) is 4.98 Å². The molecule has 28 heteroatoms. The summed E-state index contributed by atoms with van der Waals surface area (Å²) < 4.78 is 30.3. The van der Waals surface area contributed by atoms with Crippen molar-refractivity contribution in [3.05, 3.63) is 219 Å². The number of benzene rings is 6. The number of carbonyl (C=O) groups excluding carboxylic acids is 5. The fourth-order valence-electron chi connectivity index (χ4n) is 7.41. The number of Topliss-reactive ketones (excluding diaryl/α,β-unsaturated/α-hetero) is 3. The summed E-state index contributed by atoms with van der Waals surface area (Å²) in [5.41, 5.74) is 7.71. The number of fused-ring (bicyclic) bond motifs is 3. The third-order valence-electron chi connectivity index (χ3n) is 11.5. The quantitative estimate of drug-likeness (QED) is 0.0133. The first kappa shape index (κ1) is 85.0. The molecule has 6 aromatic carbocycles. The summed E-state index contributed by atoms with van der Waals surface area (Å²) in [6.07, 6.45) is 1.05. The Morgan fingerprint density at radius 1 is 0.691 bits per heavy atom. The molecule has 4 aromatic heterocycles. The van der Waals surface area contributed by atoms with Crippen LogP contribution >= 0.6 is 114 Å². The zero-order chi connectivity index (χ0) is 67.3. The first-order chi connectivity index (χ1) is 43.4. The van der Waals surface area contributed by atoms with Crippen molar-refractivity contribution in [2.75, 3.05) is 31.5 Å². The van der Waals surface area contributed by atoms with Crippen LogP contribution in [0.5, 0.6) is 17.2 Å². The monoisotopic (exact) mass is 1640 g/mol. The zero-order valence-electron chi connectivity index (χ0n) is 48.2. The van der Waals surface area contributed by atoms with E-state index in [-0.39, 0.29) is 78.8 Å². The molecule has 0 atom stereocenters. The van der Waals surface area contributed by atoms with Crippen molar-refractivity contribution < 1.29 is 67.9 Å². The van der Waals surface area contributed by atoms with E-state index in [0.29, 0.717) is 89.0 Å². The van der Waals surface area contributed by atoms with Gasteiger partial charge in [0, 0.05) is 33.5 Å². The number of nitrogens with one attached hydrogen (secondary N) is 1. The number of phenolic OH excluding ortho intramolecular Hbond substituents is 1. The van der Waals surface area contributed by atoms with Crippen LogP contribution in [0.1, 0.15) is 86.1 Å². The number of aromatic hydroxyl groups is 1. The van der Waals surface area contributed by atoms with E-state index in [1.54, 1.807) is 81.1 Å². The Hall–Kier alpha value is -7.06. The van der Waals surface area contributed by atoms with Gasteiger partial charge in [-0.25, -0.2) is 19.4 Å². The van der Waals surface area contributed by atoms with E-state index in [0.717, 1.165) is 22.4 Å². The number of ether oxygens (including phenoxy) is 3. The Morgan fingerprint density at radius 3 is 1.64 bits per heavy atom. The number of para-hydroxylation sites is 7. The van der Waals surface area contributed by atoms with Crippen molar-refractivity contribution in [2.45, 2.75) is 55.9 Å². The summed E-state index contributed by atoms with van der Waals surface area (Å²) in [6.45, 7) is 4.73. The van der Waals surface area contributed by atoms with Crippen LogP contribution in [0.25, 0.3) is 44.2 Å². The van der Waals surface area contributed by atoms with Crippen LogP contribution in [-0.2, 0) is 32.1 Å². The molecular weight excluding hydrogens is 1580 g/mol. The molecule has 10 aromatic rings. The number of rotatable bonds is 14. The average molecular weight is 1650 g/mol. The number of thiocarbonyl (C=S) groups is 1. The number of carbonyl (C=O) groups is 5. The molecule has 0 fully saturated rings. The maximum absolute atomic E-state index is 12.4. The van der Waals surface area contributed by atoms with Crippen LogP contribution in [0, 0.1) is 0 Å². The molecular formula is C66H64Br3Cl4CuN3O15S2. The number of alkyl halides is 1. The number of phenols is 1. The molecule has 4 N–H and O–H groups in total. The minimum atomic E-state index is -0.662. The topological polar surface area (TPSA) is 275 Å². The van der Waals surface area contributed by atoms with E-state index >= 15 is 0 Å². The second-order valence-electron chi connectivity index (χ2n) is 17.8. The predicted molar refractivity (Wildman–Crippen MR) is 390 cm³/mol. The molecule has 505 valence electrons. The van der Waals surface area contributed by atoms with Gasteiger partial charge in [-0.1, -0.05) is 170 Å². The van der Waals surface area contributed by atoms with Crippen LogP contribution in [0.15, 0.2) is 173 Å². The third kappa shape index (κ3) is 26.3. The van der Waals surface area contributed by atoms with Gasteiger partial charge in [-0.3, -0.25) is 24.0 Å². The Bertz CT molecular complexity index is 4380. The zero-order valence-corrected chi connectivity index (χ0v) is 58.6. The Balaban J connectivity index is 0.000000577. The number of esters is 1. The number of nitrogens with two attached hydrogens (primary N) is 1. The molecule has 0 radical (unpaired) electrons. The van der Waals surface area contributed by atoms with E-state index in [4.69, 9.17) is 92.2 Å². The molecule has 0 spiro atoms. The molecule has 0 aliphatic rings. The number of thiazole rings is 1. The summed E-state index contributed by atoms with van der Waals surface area (Å²) in [4.78, 5) is 93.6. The number of hydrogen-bond acceptors (Lipinski definition) is 19. The van der Waals surface area contributed by atoms with Crippen LogP contribution < -0.4 is 37.4 Å². The summed E-state index contributed by atoms with van der Waals surface area (Å²) in [6, 6.07) is 40.1. The summed E-state index contributed by atoms with van der Waals surface area (Å²) in [5, 5.41) is 18.1. The Kier molecular flexibility index (Phi) is 39.6. The number of hydrogen-bond donors (Lipinski definition) is 3. The minimum absolute atomic E-state index is 0. The van der Waals surface area contributed by atoms with Gasteiger partial charge in [-0.05, 0) is 87.5 Å². The van der Waals surface area contributed by atoms with Gasteiger partial charge in [-0.15, -0.1) is 11.3 Å². The van der Waals surface area contributed by atoms with Gasteiger partial charge in [0.15, 0.2) is 39.7 Å². The fourth-order valence-corrected chi connectivity index (χ4v) is 9.44. The predicted octanol–water partition coefficient (Wildman–Crippen LogP) is 18.5. The van der Waals surface area contributed by atoms with Crippen molar-refractivity contribution >= 4 is 192 Å². The molecule has 0 saturated heterocycles. The number of ketones is 3. The van der Waals surface area contributed by atoms with Gasteiger partial charge in [0.1, 0.15) is 40.6 Å². The van der Waals surface area contributed by atoms with Crippen LogP contribution in [0.3, 0.4) is 0 Å². The maximum atomic E-state index is 12.4. The average Bonchev–Trinajstić information content (AvgIpc) is 1.24. The summed E-state index contributed by atoms with van der Waals surface area (Å²) in [5.74, 6) is 0.174. The number of methoxy groups -OCH3 is 2. The van der Waals surface area contributed by atoms with Gasteiger partial charge >= 0.3 is 62.4 Å². The van der Waals surface area contributed by atoms with E-state index in [9.17, 15) is 38.4 Å². The molecule has 0 aliphatic carbocycles. The standard InChI is InChI=1S/C19H13ClN2O3S.C11H6BrClO3.C11H7ClO3.C9H11NOS.C7H5ClO2.C6H10O3.3CH4.2BrH.Cu/c1-24-16-8-3-2-7-14(16)21-19-22-15(10-26-19)12-9-11-5-4-6-13(20)17(11)25-18(12)23;12-5-9(14)7-4-6-2-1-3-8(13)10(6)16-11(7)15;1-6(13)8-5-7-3-2-4-9(12)10(7)15-11(8)14;1-11-8-5-3-2-4-7(8)6-9(10)12;8-6-3-1-2-5(4-9)7(6)10;1-3-9-6(8)4-5(2)7;;;;;;/h2-10H,1H3,(H,21,22);1-4H,5H2;2-5H,1H3;2-5H,6H2,1H3,(H2,10,12);1-4,10H;3-4H2,1-2H3;3*1H4;2*1H;/q;;;;;;;;;;;+2/p-2.